The summed E-state index contributed by atoms with van der Waals surface area (Å²) >= 11 is 0. The van der Waals surface area contributed by atoms with Gasteiger partial charge in [0.1, 0.15) is 12.4 Å². The zero-order chi connectivity index (χ0) is 20.1. The summed E-state index contributed by atoms with van der Waals surface area (Å²) in [6.07, 6.45) is 11.2. The fraction of sp³-hybridized carbons (Fsp3) is 0.792. The van der Waals surface area contributed by atoms with Crippen LogP contribution in [0, 0.1) is 45.3 Å². The van der Waals surface area contributed by atoms with Crippen LogP contribution in [0.1, 0.15) is 66.2 Å². The number of hydrogen-bond donors (Lipinski definition) is 0. The topological polar surface area (TPSA) is 60.4 Å². The zero-order valence-electron chi connectivity index (χ0n) is 17.5. The first kappa shape index (κ1) is 18.6. The van der Waals surface area contributed by atoms with E-state index in [4.69, 9.17) is 4.74 Å². The Labute approximate surface area is 167 Å². The van der Waals surface area contributed by atoms with Crippen molar-refractivity contribution in [3.63, 3.8) is 0 Å². The molecule has 0 aliphatic heterocycles. The molecule has 0 bridgehead atoms. The standard InChI is InChI=1S/C24H32O4/c1-14-16-5-6-20-22(4)11-19(28-15(2)26)17(12-25)21(22,3)9-10-24(20)13-23(16,24)8-7-18(14)27/h7-8,12,14,16-17,19-20H,5-6,9-11,13H2,1-4H3/t14-,16-,17?,19-,20-,21+,22-,23+,24-/m0/s1. The highest BCUT2D eigenvalue weighted by Gasteiger charge is 2.81. The van der Waals surface area contributed by atoms with Crippen LogP contribution in [0.3, 0.4) is 0 Å². The number of allylic oxidation sites excluding steroid dienone is 2. The van der Waals surface area contributed by atoms with Crippen molar-refractivity contribution < 1.29 is 19.1 Å². The Kier molecular flexibility index (Phi) is 3.56. The van der Waals surface area contributed by atoms with Gasteiger partial charge in [-0.1, -0.05) is 26.8 Å². The highest BCUT2D eigenvalue weighted by atomic mass is 16.5. The summed E-state index contributed by atoms with van der Waals surface area (Å²) in [4.78, 5) is 36.1. The summed E-state index contributed by atoms with van der Waals surface area (Å²) in [6, 6.07) is 0. The van der Waals surface area contributed by atoms with E-state index in [9.17, 15) is 14.4 Å². The third kappa shape index (κ3) is 1.86. The summed E-state index contributed by atoms with van der Waals surface area (Å²) in [5.74, 6) is 0.927. The van der Waals surface area contributed by atoms with Gasteiger partial charge in [0, 0.05) is 12.8 Å². The molecule has 4 saturated carbocycles. The molecule has 0 aromatic rings. The summed E-state index contributed by atoms with van der Waals surface area (Å²) < 4.78 is 5.67. The molecule has 4 fully saturated rings. The molecular weight excluding hydrogens is 352 g/mol. The fourth-order valence-electron chi connectivity index (χ4n) is 8.97. The van der Waals surface area contributed by atoms with Crippen LogP contribution in [-0.4, -0.2) is 24.1 Å². The first-order valence-corrected chi connectivity index (χ1v) is 11.0. The van der Waals surface area contributed by atoms with E-state index in [2.05, 4.69) is 26.8 Å². The number of ketones is 1. The molecule has 0 radical (unpaired) electrons. The Bertz CT molecular complexity index is 800. The van der Waals surface area contributed by atoms with Crippen LogP contribution in [0.5, 0.6) is 0 Å². The van der Waals surface area contributed by atoms with Crippen LogP contribution in [0.2, 0.25) is 0 Å². The van der Waals surface area contributed by atoms with Gasteiger partial charge in [0.15, 0.2) is 5.78 Å². The lowest BCUT2D eigenvalue weighted by Gasteiger charge is -2.60. The number of esters is 1. The van der Waals surface area contributed by atoms with Crippen molar-refractivity contribution in [1.82, 2.24) is 0 Å². The van der Waals surface area contributed by atoms with Gasteiger partial charge in [0.05, 0.1) is 5.92 Å². The number of hydrogen-bond acceptors (Lipinski definition) is 4. The molecule has 9 atom stereocenters. The van der Waals surface area contributed by atoms with Crippen LogP contribution in [0.25, 0.3) is 0 Å². The molecule has 2 spiro atoms. The summed E-state index contributed by atoms with van der Waals surface area (Å²) in [5.41, 5.74) is 0.323. The van der Waals surface area contributed by atoms with Crippen molar-refractivity contribution in [1.29, 1.82) is 0 Å². The number of carbonyl (C=O) groups excluding carboxylic acids is 3. The van der Waals surface area contributed by atoms with E-state index >= 15 is 0 Å². The molecule has 0 heterocycles. The van der Waals surface area contributed by atoms with Crippen molar-refractivity contribution in [2.75, 3.05) is 0 Å². The maximum Gasteiger partial charge on any atom is 0.302 e. The first-order valence-electron chi connectivity index (χ1n) is 11.0. The van der Waals surface area contributed by atoms with E-state index in [1.54, 1.807) is 0 Å². The lowest BCUT2D eigenvalue weighted by atomic mass is 9.44. The van der Waals surface area contributed by atoms with E-state index in [-0.39, 0.29) is 45.6 Å². The molecule has 0 saturated heterocycles. The summed E-state index contributed by atoms with van der Waals surface area (Å²) in [6.45, 7) is 8.20. The van der Waals surface area contributed by atoms with Crippen molar-refractivity contribution >= 4 is 18.0 Å². The summed E-state index contributed by atoms with van der Waals surface area (Å²) in [7, 11) is 0. The average molecular weight is 385 g/mol. The Morgan fingerprint density at radius 3 is 2.64 bits per heavy atom. The molecule has 152 valence electrons. The maximum absolute atomic E-state index is 12.3. The van der Waals surface area contributed by atoms with Gasteiger partial charge in [0.2, 0.25) is 0 Å². The molecule has 0 aromatic heterocycles. The van der Waals surface area contributed by atoms with Gasteiger partial charge >= 0.3 is 5.97 Å². The maximum atomic E-state index is 12.3. The lowest BCUT2D eigenvalue weighted by molar-refractivity contribution is -0.150. The minimum absolute atomic E-state index is 0.00997. The molecular formula is C24H32O4. The van der Waals surface area contributed by atoms with Crippen molar-refractivity contribution in [2.45, 2.75) is 72.3 Å². The van der Waals surface area contributed by atoms with Crippen molar-refractivity contribution in [3.8, 4) is 0 Å². The van der Waals surface area contributed by atoms with E-state index in [1.807, 2.05) is 6.08 Å². The quantitative estimate of drug-likeness (QED) is 0.531. The molecule has 0 amide bonds. The third-order valence-corrected chi connectivity index (χ3v) is 10.5. The lowest BCUT2D eigenvalue weighted by Crippen LogP contribution is -2.54. The molecule has 5 aliphatic carbocycles. The number of rotatable bonds is 2. The molecule has 0 aromatic carbocycles. The molecule has 0 N–H and O–H groups in total. The molecule has 5 rings (SSSR count). The van der Waals surface area contributed by atoms with Gasteiger partial charge in [0.25, 0.3) is 0 Å². The Morgan fingerprint density at radius 2 is 1.96 bits per heavy atom. The van der Waals surface area contributed by atoms with Crippen LogP contribution < -0.4 is 0 Å². The van der Waals surface area contributed by atoms with E-state index in [0.717, 1.165) is 38.4 Å². The predicted molar refractivity (Wildman–Crippen MR) is 104 cm³/mol. The van der Waals surface area contributed by atoms with Gasteiger partial charge in [-0.05, 0) is 78.1 Å². The van der Waals surface area contributed by atoms with Gasteiger partial charge in [-0.25, -0.2) is 0 Å². The highest BCUT2D eigenvalue weighted by molar-refractivity contribution is 5.93. The number of ether oxygens (including phenoxy) is 1. The molecule has 4 heteroatoms. The number of aldehydes is 1. The summed E-state index contributed by atoms with van der Waals surface area (Å²) in [5, 5.41) is 0. The van der Waals surface area contributed by atoms with Crippen molar-refractivity contribution in [2.24, 2.45) is 45.3 Å². The molecule has 4 nitrogen and oxygen atoms in total. The smallest absolute Gasteiger partial charge is 0.302 e. The number of carbonyl (C=O) groups is 3. The zero-order valence-corrected chi connectivity index (χ0v) is 17.5. The van der Waals surface area contributed by atoms with E-state index in [0.29, 0.717) is 17.6 Å². The van der Waals surface area contributed by atoms with Gasteiger partial charge < -0.3 is 9.53 Å². The Balaban J connectivity index is 1.56. The fourth-order valence-corrected chi connectivity index (χ4v) is 8.97. The van der Waals surface area contributed by atoms with Crippen LogP contribution in [0.15, 0.2) is 12.2 Å². The SMILES string of the molecule is CC(=O)O[C@H]1C[C@@]2(C)[C@@H]3CC[C@H]4[C@H](C)C(=O)C=C[C@@]45C[C@@]35CC[C@]2(C)C1C=O. The number of fused-ring (bicyclic) bond motifs is 2. The second-order valence-corrected chi connectivity index (χ2v) is 11.0. The van der Waals surface area contributed by atoms with E-state index < -0.39 is 0 Å². The Hall–Kier alpha value is -1.45. The average Bonchev–Trinajstić information content (AvgIpc) is 3.24. The molecule has 28 heavy (non-hydrogen) atoms. The minimum atomic E-state index is -0.296. The van der Waals surface area contributed by atoms with Crippen LogP contribution >= 0.6 is 0 Å². The Morgan fingerprint density at radius 1 is 1.21 bits per heavy atom. The van der Waals surface area contributed by atoms with Crippen LogP contribution in [-0.2, 0) is 19.1 Å². The largest absolute Gasteiger partial charge is 0.462 e. The van der Waals surface area contributed by atoms with E-state index in [1.165, 1.54) is 13.3 Å². The molecule has 5 aliphatic rings. The highest BCUT2D eigenvalue weighted by Crippen LogP contribution is 2.86. The monoisotopic (exact) mass is 384 g/mol. The molecule has 1 unspecified atom stereocenters. The van der Waals surface area contributed by atoms with Gasteiger partial charge in [-0.3, -0.25) is 9.59 Å². The van der Waals surface area contributed by atoms with Crippen LogP contribution in [0.4, 0.5) is 0 Å². The first-order chi connectivity index (χ1) is 13.2. The second-order valence-electron chi connectivity index (χ2n) is 11.0. The van der Waals surface area contributed by atoms with Gasteiger partial charge in [-0.15, -0.1) is 0 Å². The second kappa shape index (κ2) is 5.37. The third-order valence-electron chi connectivity index (χ3n) is 10.5. The normalized spacial score (nSPS) is 56.1. The van der Waals surface area contributed by atoms with Crippen molar-refractivity contribution in [3.05, 3.63) is 12.2 Å². The minimum Gasteiger partial charge on any atom is -0.462 e. The predicted octanol–water partition coefficient (Wildman–Crippen LogP) is 4.12. The van der Waals surface area contributed by atoms with Gasteiger partial charge in [-0.2, -0.15) is 0 Å².